The van der Waals surface area contributed by atoms with Crippen molar-refractivity contribution in [2.75, 3.05) is 10.6 Å². The van der Waals surface area contributed by atoms with E-state index in [1.807, 2.05) is 30.3 Å². The fraction of sp³-hybridized carbons (Fsp3) is 0.217. The highest BCUT2D eigenvalue weighted by atomic mass is 32.2. The number of hydrogen-bond donors (Lipinski definition) is 2. The lowest BCUT2D eigenvalue weighted by Crippen LogP contribution is -2.27. The third-order valence-corrected chi connectivity index (χ3v) is 5.86. The van der Waals surface area contributed by atoms with Crippen molar-refractivity contribution in [2.45, 2.75) is 36.6 Å². The summed E-state index contributed by atoms with van der Waals surface area (Å²) in [6.45, 7) is 5.40. The summed E-state index contributed by atoms with van der Waals surface area (Å²) in [5.74, 6) is 0.415. The van der Waals surface area contributed by atoms with Gasteiger partial charge in [-0.2, -0.15) is 0 Å². The molecule has 4 rings (SSSR count). The van der Waals surface area contributed by atoms with E-state index in [2.05, 4.69) is 15.6 Å². The number of nitrogens with zero attached hydrogens (tertiary/aromatic N) is 2. The van der Waals surface area contributed by atoms with Gasteiger partial charge in [0.1, 0.15) is 16.8 Å². The summed E-state index contributed by atoms with van der Waals surface area (Å²) >= 11 is 1.55. The van der Waals surface area contributed by atoms with Crippen LogP contribution in [0.25, 0.3) is 11.1 Å². The highest BCUT2D eigenvalue weighted by Gasteiger charge is 2.25. The first kappa shape index (κ1) is 21.6. The highest BCUT2D eigenvalue weighted by molar-refractivity contribution is 8.00. The van der Waals surface area contributed by atoms with Crippen LogP contribution in [0.5, 0.6) is 0 Å². The van der Waals surface area contributed by atoms with Crippen LogP contribution < -0.4 is 10.6 Å². The van der Waals surface area contributed by atoms with Gasteiger partial charge in [0.2, 0.25) is 0 Å². The second-order valence-corrected chi connectivity index (χ2v) is 9.41. The molecular formula is C23H22N4O4S. The fourth-order valence-electron chi connectivity index (χ4n) is 3.19. The van der Waals surface area contributed by atoms with E-state index in [0.717, 1.165) is 27.3 Å². The third kappa shape index (κ3) is 5.00. The summed E-state index contributed by atoms with van der Waals surface area (Å²) in [6, 6.07) is 16.5. The van der Waals surface area contributed by atoms with Crippen molar-refractivity contribution >= 4 is 35.0 Å². The first-order valence-electron chi connectivity index (χ1n) is 9.96. The van der Waals surface area contributed by atoms with Crippen LogP contribution in [0, 0.1) is 10.1 Å². The number of amides is 1. The van der Waals surface area contributed by atoms with Crippen molar-refractivity contribution in [1.82, 2.24) is 4.98 Å². The minimum atomic E-state index is -0.575. The van der Waals surface area contributed by atoms with E-state index >= 15 is 0 Å². The maximum atomic E-state index is 11.9. The number of nitro benzene ring substituents is 1. The van der Waals surface area contributed by atoms with E-state index < -0.39 is 11.7 Å². The molecule has 32 heavy (non-hydrogen) atoms. The van der Waals surface area contributed by atoms with Gasteiger partial charge in [0.25, 0.3) is 5.69 Å². The number of hydrogen-bond acceptors (Lipinski definition) is 7. The zero-order chi connectivity index (χ0) is 22.9. The molecule has 0 bridgehead atoms. The SMILES string of the molecule is CC(C)(C)OC(=O)Nc1ccc(-c2ccc(C3Nc4ccc([N+](=O)[O-])cc4S3)cc2)cn1. The summed E-state index contributed by atoms with van der Waals surface area (Å²) < 4.78 is 5.23. The monoisotopic (exact) mass is 450 g/mol. The second-order valence-electron chi connectivity index (χ2n) is 8.26. The minimum absolute atomic E-state index is 0.0143. The lowest BCUT2D eigenvalue weighted by atomic mass is 10.1. The molecule has 2 heterocycles. The second kappa shape index (κ2) is 8.51. The number of carbonyl (C=O) groups excluding carboxylic acids is 1. The number of aromatic nitrogens is 1. The van der Waals surface area contributed by atoms with Crippen molar-refractivity contribution in [2.24, 2.45) is 0 Å². The Balaban J connectivity index is 1.42. The Hall–Kier alpha value is -3.59. The number of benzene rings is 2. The largest absolute Gasteiger partial charge is 0.444 e. The molecule has 9 heteroatoms. The summed E-state index contributed by atoms with van der Waals surface area (Å²) in [5.41, 5.74) is 3.37. The molecule has 1 atom stereocenters. The van der Waals surface area contributed by atoms with Crippen LogP contribution in [0.1, 0.15) is 31.7 Å². The Bertz CT molecular complexity index is 1160. The molecule has 2 aromatic carbocycles. The Labute approximate surface area is 189 Å². The molecule has 0 aliphatic carbocycles. The van der Waals surface area contributed by atoms with Gasteiger partial charge in [-0.3, -0.25) is 15.4 Å². The van der Waals surface area contributed by atoms with E-state index in [-0.39, 0.29) is 16.0 Å². The molecule has 1 amide bonds. The van der Waals surface area contributed by atoms with E-state index in [1.54, 1.807) is 56.9 Å². The Morgan fingerprint density at radius 1 is 1.12 bits per heavy atom. The summed E-state index contributed by atoms with van der Waals surface area (Å²) in [4.78, 5) is 27.6. The highest BCUT2D eigenvalue weighted by Crippen LogP contribution is 2.47. The van der Waals surface area contributed by atoms with Crippen LogP contribution >= 0.6 is 11.8 Å². The van der Waals surface area contributed by atoms with Gasteiger partial charge in [-0.25, -0.2) is 9.78 Å². The molecule has 2 N–H and O–H groups in total. The molecule has 1 aromatic heterocycles. The van der Waals surface area contributed by atoms with Crippen molar-refractivity contribution < 1.29 is 14.5 Å². The van der Waals surface area contributed by atoms with Crippen LogP contribution in [0.15, 0.2) is 65.7 Å². The quantitative estimate of drug-likeness (QED) is 0.359. The van der Waals surface area contributed by atoms with Gasteiger partial charge in [0.05, 0.1) is 4.92 Å². The normalized spacial score (nSPS) is 14.9. The summed E-state index contributed by atoms with van der Waals surface area (Å²) in [5, 5.41) is 17.0. The average molecular weight is 451 g/mol. The fourth-order valence-corrected chi connectivity index (χ4v) is 4.36. The predicted molar refractivity (Wildman–Crippen MR) is 125 cm³/mol. The molecule has 3 aromatic rings. The first-order chi connectivity index (χ1) is 15.2. The standard InChI is InChI=1S/C23H22N4O4S/c1-23(2,3)31-22(28)26-20-11-8-16(13-24-20)14-4-6-15(7-5-14)21-25-18-10-9-17(27(29)30)12-19(18)32-21/h4-13,21,25H,1-3H3,(H,24,26,28). The number of non-ortho nitro benzene ring substituents is 1. The zero-order valence-electron chi connectivity index (χ0n) is 17.8. The first-order valence-corrected chi connectivity index (χ1v) is 10.8. The number of thioether (sulfide) groups is 1. The molecule has 0 saturated heterocycles. The third-order valence-electron chi connectivity index (χ3n) is 4.65. The number of pyridine rings is 1. The van der Waals surface area contributed by atoms with Crippen molar-refractivity contribution in [3.63, 3.8) is 0 Å². The van der Waals surface area contributed by atoms with Gasteiger partial charge in [-0.15, -0.1) is 0 Å². The van der Waals surface area contributed by atoms with Crippen LogP contribution in [0.2, 0.25) is 0 Å². The number of nitrogens with one attached hydrogen (secondary N) is 2. The number of anilines is 2. The van der Waals surface area contributed by atoms with Crippen molar-refractivity contribution in [3.05, 3.63) is 76.5 Å². The topological polar surface area (TPSA) is 106 Å². The molecule has 1 aliphatic rings. The maximum Gasteiger partial charge on any atom is 0.413 e. The van der Waals surface area contributed by atoms with Gasteiger partial charge in [0, 0.05) is 34.5 Å². The molecule has 1 unspecified atom stereocenters. The van der Waals surface area contributed by atoms with E-state index in [0.29, 0.717) is 5.82 Å². The number of nitro groups is 1. The van der Waals surface area contributed by atoms with Gasteiger partial charge >= 0.3 is 6.09 Å². The van der Waals surface area contributed by atoms with Gasteiger partial charge < -0.3 is 10.1 Å². The Morgan fingerprint density at radius 3 is 2.47 bits per heavy atom. The van der Waals surface area contributed by atoms with Gasteiger partial charge in [-0.05, 0) is 50.1 Å². The molecule has 1 aliphatic heterocycles. The number of ether oxygens (including phenoxy) is 1. The summed E-state index contributed by atoms with van der Waals surface area (Å²) in [6.07, 6.45) is 1.15. The molecule has 164 valence electrons. The van der Waals surface area contributed by atoms with Gasteiger partial charge in [-0.1, -0.05) is 36.0 Å². The molecular weight excluding hydrogens is 428 g/mol. The molecule has 0 fully saturated rings. The lowest BCUT2D eigenvalue weighted by molar-refractivity contribution is -0.385. The Kier molecular flexibility index (Phi) is 5.75. The summed E-state index contributed by atoms with van der Waals surface area (Å²) in [7, 11) is 0. The molecule has 0 radical (unpaired) electrons. The number of carbonyl (C=O) groups is 1. The molecule has 0 spiro atoms. The van der Waals surface area contributed by atoms with Gasteiger partial charge in [0.15, 0.2) is 0 Å². The van der Waals surface area contributed by atoms with Crippen LogP contribution in [-0.4, -0.2) is 21.6 Å². The van der Waals surface area contributed by atoms with Crippen LogP contribution in [-0.2, 0) is 4.74 Å². The van der Waals surface area contributed by atoms with E-state index in [4.69, 9.17) is 4.74 Å². The predicted octanol–water partition coefficient (Wildman–Crippen LogP) is 6.22. The van der Waals surface area contributed by atoms with Crippen molar-refractivity contribution in [3.8, 4) is 11.1 Å². The Morgan fingerprint density at radius 2 is 1.84 bits per heavy atom. The lowest BCUT2D eigenvalue weighted by Gasteiger charge is -2.19. The number of fused-ring (bicyclic) bond motifs is 1. The van der Waals surface area contributed by atoms with E-state index in [9.17, 15) is 14.9 Å². The minimum Gasteiger partial charge on any atom is -0.444 e. The molecule has 0 saturated carbocycles. The number of rotatable bonds is 4. The maximum absolute atomic E-state index is 11.9. The zero-order valence-corrected chi connectivity index (χ0v) is 18.6. The average Bonchev–Trinajstić information content (AvgIpc) is 3.16. The van der Waals surface area contributed by atoms with E-state index in [1.165, 1.54) is 6.07 Å². The van der Waals surface area contributed by atoms with Crippen molar-refractivity contribution in [1.29, 1.82) is 0 Å². The smallest absolute Gasteiger partial charge is 0.413 e. The van der Waals surface area contributed by atoms with Crippen LogP contribution in [0.3, 0.4) is 0 Å². The molecule has 8 nitrogen and oxygen atoms in total. The van der Waals surface area contributed by atoms with Crippen LogP contribution in [0.4, 0.5) is 22.0 Å².